The first-order chi connectivity index (χ1) is 10.1. The van der Waals surface area contributed by atoms with E-state index in [0.717, 1.165) is 11.3 Å². The van der Waals surface area contributed by atoms with E-state index in [1.165, 1.54) is 11.3 Å². The standard InChI is InChI=1S/C14H18N2O4S/c1-2-10(14(15)19)16-7-9(3-5-12(16)18)11-4-6-13(21-11)20-8-17/h4,6,8-10H,2-3,5,7H2,1H3,(H2,15,19). The van der Waals surface area contributed by atoms with Crippen LogP contribution >= 0.6 is 11.3 Å². The molecule has 1 aromatic rings. The van der Waals surface area contributed by atoms with Gasteiger partial charge in [0.1, 0.15) is 6.04 Å². The van der Waals surface area contributed by atoms with Gasteiger partial charge in [0.2, 0.25) is 11.8 Å². The largest absolute Gasteiger partial charge is 0.418 e. The summed E-state index contributed by atoms with van der Waals surface area (Å²) in [6.45, 7) is 2.71. The van der Waals surface area contributed by atoms with Crippen LogP contribution < -0.4 is 10.5 Å². The Balaban J connectivity index is 2.13. The lowest BCUT2D eigenvalue weighted by Crippen LogP contribution is -2.51. The lowest BCUT2D eigenvalue weighted by Gasteiger charge is -2.36. The minimum Gasteiger partial charge on any atom is -0.418 e. The highest BCUT2D eigenvalue weighted by atomic mass is 32.1. The first-order valence-corrected chi connectivity index (χ1v) is 7.67. The Hall–Kier alpha value is -1.89. The van der Waals surface area contributed by atoms with E-state index in [4.69, 9.17) is 10.5 Å². The van der Waals surface area contributed by atoms with E-state index in [0.29, 0.717) is 30.9 Å². The summed E-state index contributed by atoms with van der Waals surface area (Å²) in [5.74, 6) is -0.356. The molecule has 0 radical (unpaired) electrons. The van der Waals surface area contributed by atoms with Crippen molar-refractivity contribution in [1.29, 1.82) is 0 Å². The number of carbonyl (C=O) groups excluding carboxylic acids is 3. The summed E-state index contributed by atoms with van der Waals surface area (Å²) in [6.07, 6.45) is 1.64. The van der Waals surface area contributed by atoms with Crippen LogP contribution in [-0.2, 0) is 14.4 Å². The van der Waals surface area contributed by atoms with Gasteiger partial charge in [0.15, 0.2) is 5.06 Å². The Morgan fingerprint density at radius 2 is 2.38 bits per heavy atom. The highest BCUT2D eigenvalue weighted by molar-refractivity contribution is 7.14. The minimum atomic E-state index is -0.550. The Kier molecular flexibility index (Phi) is 4.95. The van der Waals surface area contributed by atoms with Crippen LogP contribution in [0.25, 0.3) is 0 Å². The summed E-state index contributed by atoms with van der Waals surface area (Å²) in [4.78, 5) is 36.5. The van der Waals surface area contributed by atoms with Crippen LogP contribution in [0, 0.1) is 0 Å². The van der Waals surface area contributed by atoms with Gasteiger partial charge in [0.05, 0.1) is 0 Å². The van der Waals surface area contributed by atoms with Crippen molar-refractivity contribution >= 4 is 29.6 Å². The number of amides is 2. The maximum Gasteiger partial charge on any atom is 0.299 e. The molecule has 1 aromatic heterocycles. The summed E-state index contributed by atoms with van der Waals surface area (Å²) >= 11 is 1.39. The Labute approximate surface area is 126 Å². The van der Waals surface area contributed by atoms with Crippen molar-refractivity contribution < 1.29 is 19.1 Å². The van der Waals surface area contributed by atoms with Gasteiger partial charge in [0.25, 0.3) is 6.47 Å². The van der Waals surface area contributed by atoms with Gasteiger partial charge in [-0.2, -0.15) is 0 Å². The van der Waals surface area contributed by atoms with Crippen molar-refractivity contribution in [3.63, 3.8) is 0 Å². The molecule has 0 spiro atoms. The van der Waals surface area contributed by atoms with Gasteiger partial charge in [-0.3, -0.25) is 14.4 Å². The molecule has 2 atom stereocenters. The van der Waals surface area contributed by atoms with Crippen LogP contribution in [0.1, 0.15) is 37.0 Å². The molecule has 1 aliphatic heterocycles. The first kappa shape index (κ1) is 15.5. The number of thiophene rings is 1. The number of ether oxygens (including phenoxy) is 1. The van der Waals surface area contributed by atoms with Gasteiger partial charge < -0.3 is 15.4 Å². The van der Waals surface area contributed by atoms with Gasteiger partial charge in [-0.15, -0.1) is 11.3 Å². The molecule has 1 fully saturated rings. The number of carbonyl (C=O) groups is 3. The Morgan fingerprint density at radius 1 is 1.62 bits per heavy atom. The monoisotopic (exact) mass is 310 g/mol. The average molecular weight is 310 g/mol. The number of primary amides is 1. The highest BCUT2D eigenvalue weighted by Gasteiger charge is 2.33. The molecule has 1 aliphatic rings. The number of piperidine rings is 1. The molecule has 0 aliphatic carbocycles. The van der Waals surface area contributed by atoms with Crippen LogP contribution in [0.4, 0.5) is 0 Å². The molecular weight excluding hydrogens is 292 g/mol. The topological polar surface area (TPSA) is 89.7 Å². The van der Waals surface area contributed by atoms with Crippen molar-refractivity contribution in [3.8, 4) is 5.06 Å². The minimum absolute atomic E-state index is 0.0298. The van der Waals surface area contributed by atoms with E-state index in [-0.39, 0.29) is 11.8 Å². The van der Waals surface area contributed by atoms with Crippen LogP contribution in [0.5, 0.6) is 5.06 Å². The number of hydrogen-bond donors (Lipinski definition) is 1. The Bertz CT molecular complexity index is 543. The molecule has 2 N–H and O–H groups in total. The van der Waals surface area contributed by atoms with E-state index >= 15 is 0 Å². The third-order valence-corrected chi connectivity index (χ3v) is 4.84. The van der Waals surface area contributed by atoms with Gasteiger partial charge >= 0.3 is 0 Å². The number of rotatable bonds is 6. The van der Waals surface area contributed by atoms with E-state index in [2.05, 4.69) is 0 Å². The molecule has 2 rings (SSSR count). The number of likely N-dealkylation sites (tertiary alicyclic amines) is 1. The third kappa shape index (κ3) is 3.41. The Morgan fingerprint density at radius 3 is 3.00 bits per heavy atom. The molecular formula is C14H18N2O4S. The SMILES string of the molecule is CCC(C(N)=O)N1CC(c2ccc(OC=O)s2)CCC1=O. The second-order valence-electron chi connectivity index (χ2n) is 4.98. The fourth-order valence-electron chi connectivity index (χ4n) is 2.64. The van der Waals surface area contributed by atoms with Gasteiger partial charge in [-0.25, -0.2) is 0 Å². The average Bonchev–Trinajstić information content (AvgIpc) is 2.90. The molecule has 0 aromatic carbocycles. The lowest BCUT2D eigenvalue weighted by atomic mass is 9.94. The van der Waals surface area contributed by atoms with Gasteiger partial charge in [-0.1, -0.05) is 6.92 Å². The number of hydrogen-bond acceptors (Lipinski definition) is 5. The quantitative estimate of drug-likeness (QED) is 0.801. The zero-order valence-electron chi connectivity index (χ0n) is 11.8. The number of nitrogens with two attached hydrogens (primary N) is 1. The normalized spacial score (nSPS) is 20.1. The fraction of sp³-hybridized carbons (Fsp3) is 0.500. The van der Waals surface area contributed by atoms with E-state index in [1.54, 1.807) is 11.0 Å². The van der Waals surface area contributed by atoms with E-state index in [1.807, 2.05) is 13.0 Å². The molecule has 2 amide bonds. The smallest absolute Gasteiger partial charge is 0.299 e. The van der Waals surface area contributed by atoms with Crippen LogP contribution in [-0.4, -0.2) is 35.8 Å². The first-order valence-electron chi connectivity index (χ1n) is 6.85. The molecule has 2 heterocycles. The summed E-state index contributed by atoms with van der Waals surface area (Å²) in [5.41, 5.74) is 5.38. The zero-order chi connectivity index (χ0) is 15.4. The lowest BCUT2D eigenvalue weighted by molar-refractivity contribution is -0.142. The summed E-state index contributed by atoms with van der Waals surface area (Å²) in [5, 5.41) is 0.533. The maximum absolute atomic E-state index is 12.0. The second-order valence-corrected chi connectivity index (χ2v) is 6.06. The molecule has 2 unspecified atom stereocenters. The van der Waals surface area contributed by atoms with Crippen LogP contribution in [0.3, 0.4) is 0 Å². The molecule has 6 nitrogen and oxygen atoms in total. The predicted octanol–water partition coefficient (Wildman–Crippen LogP) is 1.25. The van der Waals surface area contributed by atoms with E-state index < -0.39 is 11.9 Å². The predicted molar refractivity (Wildman–Crippen MR) is 78.0 cm³/mol. The fourth-order valence-corrected chi connectivity index (χ4v) is 3.60. The molecule has 0 bridgehead atoms. The molecule has 0 saturated carbocycles. The highest BCUT2D eigenvalue weighted by Crippen LogP contribution is 2.36. The second kappa shape index (κ2) is 6.71. The molecule has 1 saturated heterocycles. The summed E-state index contributed by atoms with van der Waals surface area (Å²) in [6, 6.07) is 3.08. The van der Waals surface area contributed by atoms with Crippen LogP contribution in [0.15, 0.2) is 12.1 Å². The molecule has 7 heteroatoms. The van der Waals surface area contributed by atoms with E-state index in [9.17, 15) is 14.4 Å². The molecule has 21 heavy (non-hydrogen) atoms. The molecule has 114 valence electrons. The summed E-state index contributed by atoms with van der Waals surface area (Å²) < 4.78 is 4.82. The van der Waals surface area contributed by atoms with Crippen molar-refractivity contribution in [2.75, 3.05) is 6.54 Å². The summed E-state index contributed by atoms with van der Waals surface area (Å²) in [7, 11) is 0. The third-order valence-electron chi connectivity index (χ3n) is 3.70. The van der Waals surface area contributed by atoms with Crippen molar-refractivity contribution in [2.24, 2.45) is 5.73 Å². The van der Waals surface area contributed by atoms with Crippen LogP contribution in [0.2, 0.25) is 0 Å². The maximum atomic E-state index is 12.0. The van der Waals surface area contributed by atoms with Crippen molar-refractivity contribution in [3.05, 3.63) is 17.0 Å². The van der Waals surface area contributed by atoms with Gasteiger partial charge in [0, 0.05) is 23.8 Å². The van der Waals surface area contributed by atoms with Gasteiger partial charge in [-0.05, 0) is 25.0 Å². The zero-order valence-corrected chi connectivity index (χ0v) is 12.6. The van der Waals surface area contributed by atoms with Crippen molar-refractivity contribution in [1.82, 2.24) is 4.90 Å². The number of nitrogens with zero attached hydrogens (tertiary/aromatic N) is 1. The van der Waals surface area contributed by atoms with Crippen molar-refractivity contribution in [2.45, 2.75) is 38.1 Å².